The van der Waals surface area contributed by atoms with Crippen LogP contribution in [0.2, 0.25) is 5.02 Å². The molecule has 118 valence electrons. The molecule has 1 saturated heterocycles. The molecule has 0 radical (unpaired) electrons. The molecule has 0 aliphatic carbocycles. The van der Waals surface area contributed by atoms with Crippen LogP contribution in [0.4, 0.5) is 0 Å². The zero-order valence-electron chi connectivity index (χ0n) is 12.3. The van der Waals surface area contributed by atoms with Gasteiger partial charge in [0.2, 0.25) is 5.91 Å². The van der Waals surface area contributed by atoms with Crippen LogP contribution in [0.15, 0.2) is 28.4 Å². The minimum absolute atomic E-state index is 0.0495. The monoisotopic (exact) mass is 339 g/mol. The van der Waals surface area contributed by atoms with Gasteiger partial charge in [-0.3, -0.25) is 4.79 Å². The van der Waals surface area contributed by atoms with Gasteiger partial charge in [-0.1, -0.05) is 43.1 Å². The van der Waals surface area contributed by atoms with Crippen LogP contribution in [-0.2, 0) is 4.79 Å². The molecule has 0 saturated carbocycles. The van der Waals surface area contributed by atoms with Gasteiger partial charge in [-0.2, -0.15) is 5.10 Å². The summed E-state index contributed by atoms with van der Waals surface area (Å²) in [6.45, 7) is 2.82. The molecule has 2 rings (SSSR count). The van der Waals surface area contributed by atoms with E-state index < -0.39 is 0 Å². The molecule has 1 heterocycles. The quantitative estimate of drug-likeness (QED) is 0.470. The molecule has 1 aromatic rings. The Morgan fingerprint density at radius 2 is 2.32 bits per heavy atom. The van der Waals surface area contributed by atoms with Crippen molar-refractivity contribution in [3.8, 4) is 5.75 Å². The smallest absolute Gasteiger partial charge is 0.236 e. The lowest BCUT2D eigenvalue weighted by Crippen LogP contribution is -2.19. The van der Waals surface area contributed by atoms with Crippen LogP contribution in [0.3, 0.4) is 0 Å². The maximum Gasteiger partial charge on any atom is 0.236 e. The highest BCUT2D eigenvalue weighted by Crippen LogP contribution is 2.25. The second-order valence-corrected chi connectivity index (χ2v) is 6.10. The van der Waals surface area contributed by atoms with Crippen LogP contribution in [0.25, 0.3) is 0 Å². The molecule has 1 aromatic carbocycles. The van der Waals surface area contributed by atoms with Crippen LogP contribution >= 0.6 is 23.4 Å². The Hall–Kier alpha value is -1.53. The molecule has 7 heteroatoms. The minimum Gasteiger partial charge on any atom is -0.492 e. The topological polar surface area (TPSA) is 63.1 Å². The van der Waals surface area contributed by atoms with Gasteiger partial charge in [0.1, 0.15) is 5.75 Å². The zero-order valence-corrected chi connectivity index (χ0v) is 13.9. The van der Waals surface area contributed by atoms with Gasteiger partial charge in [0.15, 0.2) is 5.17 Å². The number of benzene rings is 1. The van der Waals surface area contributed by atoms with E-state index >= 15 is 0 Å². The molecule has 0 bridgehead atoms. The number of halogens is 1. The average molecular weight is 340 g/mol. The first-order valence-electron chi connectivity index (χ1n) is 7.15. The van der Waals surface area contributed by atoms with E-state index in [1.54, 1.807) is 12.3 Å². The lowest BCUT2D eigenvalue weighted by Gasteiger charge is -2.07. The zero-order chi connectivity index (χ0) is 15.8. The number of nitrogens with one attached hydrogen (secondary N) is 1. The maximum absolute atomic E-state index is 11.0. The summed E-state index contributed by atoms with van der Waals surface area (Å²) < 4.78 is 5.64. The van der Waals surface area contributed by atoms with Crippen molar-refractivity contribution in [1.29, 1.82) is 0 Å². The number of carbonyl (C=O) groups is 1. The fourth-order valence-corrected chi connectivity index (χ4v) is 2.65. The van der Waals surface area contributed by atoms with Gasteiger partial charge in [-0.05, 0) is 30.2 Å². The van der Waals surface area contributed by atoms with Crippen molar-refractivity contribution < 1.29 is 9.53 Å². The molecule has 1 amide bonds. The molecule has 0 aromatic heterocycles. The molecule has 0 unspecified atom stereocenters. The van der Waals surface area contributed by atoms with Crippen molar-refractivity contribution in [2.75, 3.05) is 12.4 Å². The highest BCUT2D eigenvalue weighted by Gasteiger charge is 2.15. The van der Waals surface area contributed by atoms with Crippen molar-refractivity contribution in [1.82, 2.24) is 5.32 Å². The normalized spacial score (nSPS) is 16.5. The van der Waals surface area contributed by atoms with Crippen molar-refractivity contribution in [3.63, 3.8) is 0 Å². The number of amides is 1. The first-order chi connectivity index (χ1) is 10.7. The van der Waals surface area contributed by atoms with Gasteiger partial charge in [-0.15, -0.1) is 5.10 Å². The van der Waals surface area contributed by atoms with E-state index in [4.69, 9.17) is 16.3 Å². The van der Waals surface area contributed by atoms with Gasteiger partial charge in [0.05, 0.1) is 23.6 Å². The number of thioether (sulfide) groups is 1. The second-order valence-electron chi connectivity index (χ2n) is 4.73. The van der Waals surface area contributed by atoms with Gasteiger partial charge in [0.25, 0.3) is 0 Å². The SMILES string of the molecule is CCCCCOc1ccc(C=NN=C2NC(=O)CS2)cc1Cl. The fraction of sp³-hybridized carbons (Fsp3) is 0.400. The standard InChI is InChI=1S/C15H18ClN3O2S/c1-2-3-4-7-21-13-6-5-11(8-12(13)16)9-17-19-15-18-14(20)10-22-15/h5-6,8-9H,2-4,7,10H2,1H3,(H,18,19,20). The molecular weight excluding hydrogens is 322 g/mol. The highest BCUT2D eigenvalue weighted by molar-refractivity contribution is 8.15. The molecule has 22 heavy (non-hydrogen) atoms. The summed E-state index contributed by atoms with van der Waals surface area (Å²) in [6, 6.07) is 5.47. The van der Waals surface area contributed by atoms with Crippen molar-refractivity contribution >= 4 is 40.7 Å². The number of ether oxygens (including phenoxy) is 1. The summed E-state index contributed by atoms with van der Waals surface area (Å²) in [5.74, 6) is 1.02. The second kappa shape index (κ2) is 8.80. The van der Waals surface area contributed by atoms with E-state index in [0.29, 0.717) is 28.3 Å². The van der Waals surface area contributed by atoms with Gasteiger partial charge >= 0.3 is 0 Å². The molecule has 1 aliphatic rings. The van der Waals surface area contributed by atoms with Crippen LogP contribution in [0, 0.1) is 0 Å². The third-order valence-electron chi connectivity index (χ3n) is 2.90. The van der Waals surface area contributed by atoms with Crippen molar-refractivity contribution in [2.24, 2.45) is 10.2 Å². The van der Waals surface area contributed by atoms with Crippen LogP contribution in [-0.4, -0.2) is 29.6 Å². The highest BCUT2D eigenvalue weighted by atomic mass is 35.5. The Morgan fingerprint density at radius 1 is 1.45 bits per heavy atom. The van der Waals surface area contributed by atoms with E-state index in [2.05, 4.69) is 22.4 Å². The van der Waals surface area contributed by atoms with Crippen molar-refractivity contribution in [3.05, 3.63) is 28.8 Å². The number of amidine groups is 1. The Bertz CT molecular complexity index is 590. The lowest BCUT2D eigenvalue weighted by atomic mass is 10.2. The molecule has 5 nitrogen and oxygen atoms in total. The Morgan fingerprint density at radius 3 is 3.00 bits per heavy atom. The lowest BCUT2D eigenvalue weighted by molar-refractivity contribution is -0.116. The Kier molecular flexibility index (Phi) is 6.74. The van der Waals surface area contributed by atoms with Gasteiger partial charge in [-0.25, -0.2) is 0 Å². The van der Waals surface area contributed by atoms with E-state index in [9.17, 15) is 4.79 Å². The first-order valence-corrected chi connectivity index (χ1v) is 8.51. The summed E-state index contributed by atoms with van der Waals surface area (Å²) in [5, 5.41) is 11.6. The van der Waals surface area contributed by atoms with E-state index in [-0.39, 0.29) is 5.91 Å². The van der Waals surface area contributed by atoms with Gasteiger partial charge < -0.3 is 10.1 Å². The minimum atomic E-state index is -0.0495. The van der Waals surface area contributed by atoms with E-state index in [1.807, 2.05) is 12.1 Å². The largest absolute Gasteiger partial charge is 0.492 e. The van der Waals surface area contributed by atoms with Gasteiger partial charge in [0, 0.05) is 0 Å². The van der Waals surface area contributed by atoms with Crippen molar-refractivity contribution in [2.45, 2.75) is 26.2 Å². The third kappa shape index (κ3) is 5.35. The summed E-state index contributed by atoms with van der Waals surface area (Å²) in [5.41, 5.74) is 0.824. The maximum atomic E-state index is 11.0. The Labute approximate surface area is 139 Å². The van der Waals surface area contributed by atoms with E-state index in [1.165, 1.54) is 11.8 Å². The summed E-state index contributed by atoms with van der Waals surface area (Å²) >= 11 is 7.52. The predicted octanol–water partition coefficient (Wildman–Crippen LogP) is 3.46. The number of hydrogen-bond donors (Lipinski definition) is 1. The first kappa shape index (κ1) is 16.8. The fourth-order valence-electron chi connectivity index (χ4n) is 1.78. The van der Waals surface area contributed by atoms with Crippen LogP contribution < -0.4 is 10.1 Å². The summed E-state index contributed by atoms with van der Waals surface area (Å²) in [6.07, 6.45) is 4.92. The number of unbranched alkanes of at least 4 members (excludes halogenated alkanes) is 2. The van der Waals surface area contributed by atoms with E-state index in [0.717, 1.165) is 24.8 Å². The summed E-state index contributed by atoms with van der Waals surface area (Å²) in [7, 11) is 0. The Balaban J connectivity index is 1.90. The number of hydrogen-bond acceptors (Lipinski definition) is 5. The predicted molar refractivity (Wildman–Crippen MR) is 92.1 cm³/mol. The van der Waals surface area contributed by atoms with Crippen LogP contribution in [0.5, 0.6) is 5.75 Å². The molecule has 1 fully saturated rings. The number of nitrogens with zero attached hydrogens (tertiary/aromatic N) is 2. The third-order valence-corrected chi connectivity index (χ3v) is 4.06. The summed E-state index contributed by atoms with van der Waals surface area (Å²) in [4.78, 5) is 11.0. The molecule has 1 N–H and O–H groups in total. The average Bonchev–Trinajstić information content (AvgIpc) is 2.91. The number of rotatable bonds is 7. The van der Waals surface area contributed by atoms with Crippen LogP contribution in [0.1, 0.15) is 31.7 Å². The molecule has 0 spiro atoms. The molecular formula is C15H18ClN3O2S. The number of carbonyl (C=O) groups excluding carboxylic acids is 1. The molecule has 1 aliphatic heterocycles. The molecule has 0 atom stereocenters.